The van der Waals surface area contributed by atoms with Crippen LogP contribution in [0.1, 0.15) is 30.5 Å². The average molecular weight is 379 g/mol. The number of urea groups is 1. The minimum absolute atomic E-state index is 0.0342. The molecular formula is C18H23F2N5O2. The van der Waals surface area contributed by atoms with E-state index >= 15 is 0 Å². The van der Waals surface area contributed by atoms with Gasteiger partial charge in [0.25, 0.3) is 0 Å². The number of likely N-dealkylation sites (tertiary alicyclic amines) is 2. The number of carbonyl (C=O) groups is 2. The highest BCUT2D eigenvalue weighted by molar-refractivity contribution is 6.01. The first-order valence-corrected chi connectivity index (χ1v) is 8.99. The number of hydrogen-bond acceptors (Lipinski definition) is 4. The van der Waals surface area contributed by atoms with E-state index in [1.165, 1.54) is 0 Å². The highest BCUT2D eigenvalue weighted by Gasteiger charge is 2.42. The van der Waals surface area contributed by atoms with Gasteiger partial charge in [0.05, 0.1) is 13.1 Å². The number of amides is 3. The number of rotatable bonds is 3. The van der Waals surface area contributed by atoms with Gasteiger partial charge in [-0.3, -0.25) is 20.1 Å². The van der Waals surface area contributed by atoms with E-state index in [1.54, 1.807) is 6.20 Å². The number of hydrogen-bond donors (Lipinski definition) is 2. The van der Waals surface area contributed by atoms with Crippen LogP contribution in [-0.2, 0) is 11.3 Å². The van der Waals surface area contributed by atoms with E-state index in [1.807, 2.05) is 19.1 Å². The van der Waals surface area contributed by atoms with Gasteiger partial charge in [0.15, 0.2) is 12.3 Å². The molecule has 2 aliphatic rings. The average Bonchev–Trinajstić information content (AvgIpc) is 2.99. The predicted molar refractivity (Wildman–Crippen MR) is 94.8 cm³/mol. The molecule has 0 bridgehead atoms. The maximum absolute atomic E-state index is 13.5. The molecule has 1 aromatic rings. The molecule has 9 heteroatoms. The Morgan fingerprint density at radius 1 is 1.30 bits per heavy atom. The molecule has 3 heterocycles. The molecule has 0 spiro atoms. The summed E-state index contributed by atoms with van der Waals surface area (Å²) in [5.41, 5.74) is 1.65. The summed E-state index contributed by atoms with van der Waals surface area (Å²) in [6, 6.07) is 2.19. The minimum Gasteiger partial charge on any atom is -0.335 e. The zero-order valence-corrected chi connectivity index (χ0v) is 15.1. The maximum Gasteiger partial charge on any atom is 0.323 e. The third-order valence-corrected chi connectivity index (χ3v) is 4.91. The van der Waals surface area contributed by atoms with Gasteiger partial charge in [-0.25, -0.2) is 13.6 Å². The van der Waals surface area contributed by atoms with Crippen LogP contribution < -0.4 is 5.32 Å². The molecule has 3 unspecified atom stereocenters. The van der Waals surface area contributed by atoms with Gasteiger partial charge in [-0.05, 0) is 31.4 Å². The van der Waals surface area contributed by atoms with E-state index in [2.05, 4.69) is 10.3 Å². The number of aryl methyl sites for hydroxylation is 1. The van der Waals surface area contributed by atoms with Gasteiger partial charge in [0.1, 0.15) is 11.9 Å². The molecule has 2 N–H and O–H groups in total. The number of piperidine rings is 1. The fourth-order valence-electron chi connectivity index (χ4n) is 3.38. The molecule has 3 rings (SSSR count). The first-order valence-electron chi connectivity index (χ1n) is 8.99. The fourth-order valence-corrected chi connectivity index (χ4v) is 3.38. The summed E-state index contributed by atoms with van der Waals surface area (Å²) in [6.45, 7) is 1.44. The molecule has 0 radical (unpaired) electrons. The molecule has 2 aliphatic heterocycles. The van der Waals surface area contributed by atoms with Crippen molar-refractivity contribution >= 4 is 17.8 Å². The van der Waals surface area contributed by atoms with E-state index < -0.39 is 30.3 Å². The van der Waals surface area contributed by atoms with Gasteiger partial charge in [0.2, 0.25) is 5.91 Å². The lowest BCUT2D eigenvalue weighted by Crippen LogP contribution is -2.57. The Kier molecular flexibility index (Phi) is 5.67. The summed E-state index contributed by atoms with van der Waals surface area (Å²) in [6.07, 6.45) is -0.437. The van der Waals surface area contributed by atoms with Gasteiger partial charge >= 0.3 is 6.03 Å². The maximum atomic E-state index is 13.5. The Morgan fingerprint density at radius 3 is 2.63 bits per heavy atom. The summed E-state index contributed by atoms with van der Waals surface area (Å²) in [4.78, 5) is 31.8. The second kappa shape index (κ2) is 7.98. The largest absolute Gasteiger partial charge is 0.335 e. The van der Waals surface area contributed by atoms with E-state index in [4.69, 9.17) is 5.41 Å². The fraction of sp³-hybridized carbons (Fsp3) is 0.556. The minimum atomic E-state index is -1.70. The Balaban J connectivity index is 1.68. The Labute approximate surface area is 156 Å². The second-order valence-corrected chi connectivity index (χ2v) is 6.97. The molecule has 27 heavy (non-hydrogen) atoms. The van der Waals surface area contributed by atoms with Gasteiger partial charge in [-0.1, -0.05) is 6.07 Å². The Hall–Kier alpha value is -2.58. The molecule has 3 amide bonds. The molecule has 2 fully saturated rings. The van der Waals surface area contributed by atoms with Crippen molar-refractivity contribution in [3.8, 4) is 0 Å². The molecule has 146 valence electrons. The molecular weight excluding hydrogens is 356 g/mol. The highest BCUT2D eigenvalue weighted by Crippen LogP contribution is 2.24. The zero-order chi connectivity index (χ0) is 19.6. The van der Waals surface area contributed by atoms with E-state index in [9.17, 15) is 18.4 Å². The lowest BCUT2D eigenvalue weighted by molar-refractivity contribution is -0.134. The van der Waals surface area contributed by atoms with Gasteiger partial charge in [-0.15, -0.1) is 0 Å². The number of alkyl halides is 2. The normalized spacial score (nSPS) is 25.6. The first-order chi connectivity index (χ1) is 12.9. The molecule has 2 saturated heterocycles. The number of pyridine rings is 1. The van der Waals surface area contributed by atoms with Crippen molar-refractivity contribution in [2.45, 2.75) is 51.1 Å². The Morgan fingerprint density at radius 2 is 2.00 bits per heavy atom. The van der Waals surface area contributed by atoms with Crippen molar-refractivity contribution < 1.29 is 18.4 Å². The van der Waals surface area contributed by atoms with Crippen LogP contribution in [-0.4, -0.2) is 64.0 Å². The summed E-state index contributed by atoms with van der Waals surface area (Å²) in [5.74, 6) is -0.471. The summed E-state index contributed by atoms with van der Waals surface area (Å²) in [7, 11) is 0. The van der Waals surface area contributed by atoms with Crippen LogP contribution in [0.25, 0.3) is 0 Å². The second-order valence-electron chi connectivity index (χ2n) is 6.97. The van der Waals surface area contributed by atoms with Crippen LogP contribution in [0.15, 0.2) is 18.3 Å². The zero-order valence-electron chi connectivity index (χ0n) is 15.1. The number of nitrogens with zero attached hydrogens (tertiary/aromatic N) is 3. The molecule has 0 aliphatic carbocycles. The van der Waals surface area contributed by atoms with Crippen molar-refractivity contribution in [3.63, 3.8) is 0 Å². The SMILES string of the molecule is Cc1ccc(CNC(=O)N2C(=N)CCCC2C(=O)N2CC(F)C(F)C2)cn1. The third kappa shape index (κ3) is 4.23. The smallest absolute Gasteiger partial charge is 0.323 e. The predicted octanol–water partition coefficient (Wildman–Crippen LogP) is 1.95. The van der Waals surface area contributed by atoms with Crippen LogP contribution in [0.2, 0.25) is 0 Å². The Bertz CT molecular complexity index is 717. The highest BCUT2D eigenvalue weighted by atomic mass is 19.2. The van der Waals surface area contributed by atoms with Crippen molar-refractivity contribution in [2.75, 3.05) is 13.1 Å². The third-order valence-electron chi connectivity index (χ3n) is 4.91. The summed E-state index contributed by atoms with van der Waals surface area (Å²) >= 11 is 0. The monoisotopic (exact) mass is 379 g/mol. The van der Waals surface area contributed by atoms with E-state index in [0.29, 0.717) is 19.3 Å². The topological polar surface area (TPSA) is 89.4 Å². The molecule has 0 saturated carbocycles. The number of nitrogens with one attached hydrogen (secondary N) is 2. The van der Waals surface area contributed by atoms with Crippen molar-refractivity contribution in [1.82, 2.24) is 20.1 Å². The first kappa shape index (κ1) is 19.2. The molecule has 1 aromatic heterocycles. The van der Waals surface area contributed by atoms with E-state index in [-0.39, 0.29) is 25.5 Å². The van der Waals surface area contributed by atoms with Crippen LogP contribution in [0.5, 0.6) is 0 Å². The van der Waals surface area contributed by atoms with Crippen LogP contribution in [0.3, 0.4) is 0 Å². The van der Waals surface area contributed by atoms with Gasteiger partial charge in [-0.2, -0.15) is 0 Å². The van der Waals surface area contributed by atoms with Crippen LogP contribution >= 0.6 is 0 Å². The van der Waals surface area contributed by atoms with Crippen LogP contribution in [0.4, 0.5) is 13.6 Å². The molecule has 3 atom stereocenters. The van der Waals surface area contributed by atoms with Crippen LogP contribution in [0, 0.1) is 12.3 Å². The number of amidine groups is 1. The summed E-state index contributed by atoms with van der Waals surface area (Å²) in [5, 5.41) is 10.8. The lowest BCUT2D eigenvalue weighted by Gasteiger charge is -2.36. The number of aromatic nitrogens is 1. The standard InChI is InChI=1S/C18H23F2N5O2/c1-11-5-6-12(7-22-11)8-23-18(27)25-15(3-2-4-16(25)21)17(26)24-9-13(19)14(20)10-24/h5-7,13-15,21H,2-4,8-10H2,1H3,(H,23,27). The van der Waals surface area contributed by atoms with E-state index in [0.717, 1.165) is 21.1 Å². The number of carbonyl (C=O) groups excluding carboxylic acids is 2. The van der Waals surface area contributed by atoms with Gasteiger partial charge in [0, 0.05) is 24.9 Å². The van der Waals surface area contributed by atoms with Crippen molar-refractivity contribution in [1.29, 1.82) is 5.41 Å². The quantitative estimate of drug-likeness (QED) is 0.841. The molecule has 7 nitrogen and oxygen atoms in total. The lowest BCUT2D eigenvalue weighted by atomic mass is 10.0. The van der Waals surface area contributed by atoms with Crippen molar-refractivity contribution in [2.24, 2.45) is 0 Å². The molecule has 0 aromatic carbocycles. The number of halogens is 2. The summed E-state index contributed by atoms with van der Waals surface area (Å²) < 4.78 is 26.9. The van der Waals surface area contributed by atoms with Crippen molar-refractivity contribution in [3.05, 3.63) is 29.6 Å². The van der Waals surface area contributed by atoms with Gasteiger partial charge < -0.3 is 10.2 Å².